The van der Waals surface area contributed by atoms with Crippen molar-refractivity contribution in [3.8, 4) is 0 Å². The van der Waals surface area contributed by atoms with Gasteiger partial charge in [0.2, 0.25) is 0 Å². The van der Waals surface area contributed by atoms with Crippen molar-refractivity contribution in [2.45, 2.75) is 24.6 Å². The molecule has 1 aromatic heterocycles. The van der Waals surface area contributed by atoms with Crippen molar-refractivity contribution in [1.29, 1.82) is 0 Å². The lowest BCUT2D eigenvalue weighted by atomic mass is 10.3. The Kier molecular flexibility index (Phi) is 4.30. The zero-order valence-corrected chi connectivity index (χ0v) is 12.5. The molecule has 0 saturated carbocycles. The van der Waals surface area contributed by atoms with Crippen molar-refractivity contribution in [2.24, 2.45) is 0 Å². The first-order chi connectivity index (χ1) is 8.54. The second-order valence-electron chi connectivity index (χ2n) is 4.19. The van der Waals surface area contributed by atoms with Crippen LogP contribution in [0, 0.1) is 0 Å². The number of imidazole rings is 1. The van der Waals surface area contributed by atoms with Crippen LogP contribution >= 0.6 is 23.2 Å². The predicted octanol–water partition coefficient (Wildman–Crippen LogP) is 3.20. The van der Waals surface area contributed by atoms with Crippen LogP contribution in [-0.4, -0.2) is 25.3 Å². The highest BCUT2D eigenvalue weighted by Gasteiger charge is 2.15. The fourth-order valence-corrected chi connectivity index (χ4v) is 2.60. The molecular formula is C12H14Cl2N2OS. The standard InChI is InChI=1S/C12H14Cl2N2OS/c1-8(18(2)17)7-16-10-5-3-4-9(14)12(10)15-11(16)6-13/h3-5,8H,6-7H2,1-2H3. The van der Waals surface area contributed by atoms with E-state index in [1.54, 1.807) is 12.3 Å². The number of hydrogen-bond donors (Lipinski definition) is 0. The maximum absolute atomic E-state index is 11.5. The van der Waals surface area contributed by atoms with Gasteiger partial charge in [-0.25, -0.2) is 4.98 Å². The molecule has 3 nitrogen and oxygen atoms in total. The molecule has 2 rings (SSSR count). The van der Waals surface area contributed by atoms with Crippen LogP contribution in [0.3, 0.4) is 0 Å². The first kappa shape index (κ1) is 13.8. The molecule has 2 atom stereocenters. The SMILES string of the molecule is CC(Cn1c(CCl)nc2c(Cl)cccc21)S(C)=O. The minimum Gasteiger partial charge on any atom is -0.326 e. The molecular weight excluding hydrogens is 291 g/mol. The molecule has 0 spiro atoms. The summed E-state index contributed by atoms with van der Waals surface area (Å²) >= 11 is 12.0. The molecule has 98 valence electrons. The largest absolute Gasteiger partial charge is 0.326 e. The van der Waals surface area contributed by atoms with Crippen molar-refractivity contribution in [2.75, 3.05) is 6.26 Å². The van der Waals surface area contributed by atoms with Crippen molar-refractivity contribution in [3.05, 3.63) is 29.0 Å². The first-order valence-corrected chi connectivity index (χ1v) is 8.09. The molecule has 1 aromatic carbocycles. The van der Waals surface area contributed by atoms with E-state index in [0.717, 1.165) is 16.9 Å². The third-order valence-electron chi connectivity index (χ3n) is 2.93. The van der Waals surface area contributed by atoms with Crippen LogP contribution < -0.4 is 0 Å². The fraction of sp³-hybridized carbons (Fsp3) is 0.417. The number of rotatable bonds is 4. The Balaban J connectivity index is 2.54. The number of fused-ring (bicyclic) bond motifs is 1. The van der Waals surface area contributed by atoms with Crippen LogP contribution in [0.15, 0.2) is 18.2 Å². The van der Waals surface area contributed by atoms with Crippen molar-refractivity contribution in [3.63, 3.8) is 0 Å². The molecule has 0 aliphatic rings. The maximum atomic E-state index is 11.5. The molecule has 18 heavy (non-hydrogen) atoms. The molecule has 0 saturated heterocycles. The summed E-state index contributed by atoms with van der Waals surface area (Å²) in [6, 6.07) is 5.64. The van der Waals surface area contributed by atoms with Crippen LogP contribution in [0.4, 0.5) is 0 Å². The predicted molar refractivity (Wildman–Crippen MR) is 77.8 cm³/mol. The number of hydrogen-bond acceptors (Lipinski definition) is 2. The van der Waals surface area contributed by atoms with E-state index < -0.39 is 10.8 Å². The van der Waals surface area contributed by atoms with Gasteiger partial charge in [0.25, 0.3) is 0 Å². The zero-order chi connectivity index (χ0) is 13.3. The normalized spacial score (nSPS) is 14.9. The van der Waals surface area contributed by atoms with Gasteiger partial charge in [0, 0.05) is 28.9 Å². The van der Waals surface area contributed by atoms with Crippen LogP contribution in [0.5, 0.6) is 0 Å². The topological polar surface area (TPSA) is 34.9 Å². The zero-order valence-electron chi connectivity index (χ0n) is 10.2. The second-order valence-corrected chi connectivity index (χ2v) is 6.67. The lowest BCUT2D eigenvalue weighted by molar-refractivity contribution is 0.641. The highest BCUT2D eigenvalue weighted by atomic mass is 35.5. The fourth-order valence-electron chi connectivity index (χ4n) is 1.83. The Bertz CT molecular complexity index is 597. The molecule has 0 bridgehead atoms. The van der Waals surface area contributed by atoms with Gasteiger partial charge in [-0.1, -0.05) is 17.7 Å². The average Bonchev–Trinajstić information content (AvgIpc) is 2.69. The van der Waals surface area contributed by atoms with E-state index in [1.807, 2.05) is 23.6 Å². The van der Waals surface area contributed by atoms with Gasteiger partial charge in [-0.3, -0.25) is 4.21 Å². The summed E-state index contributed by atoms with van der Waals surface area (Å²) in [7, 11) is -0.878. The van der Waals surface area contributed by atoms with Crippen molar-refractivity contribution >= 4 is 45.0 Å². The van der Waals surface area contributed by atoms with Gasteiger partial charge in [-0.05, 0) is 19.1 Å². The summed E-state index contributed by atoms with van der Waals surface area (Å²) in [5.74, 6) is 1.07. The molecule has 0 aliphatic carbocycles. The van der Waals surface area contributed by atoms with E-state index in [4.69, 9.17) is 23.2 Å². The van der Waals surface area contributed by atoms with Crippen molar-refractivity contribution < 1.29 is 4.21 Å². The Hall–Kier alpha value is -0.580. The number of benzene rings is 1. The molecule has 2 unspecified atom stereocenters. The number of nitrogens with zero attached hydrogens (tertiary/aromatic N) is 2. The molecule has 0 N–H and O–H groups in total. The Morgan fingerprint density at radius 1 is 1.50 bits per heavy atom. The smallest absolute Gasteiger partial charge is 0.124 e. The highest BCUT2D eigenvalue weighted by Crippen LogP contribution is 2.25. The minimum atomic E-state index is -0.878. The van der Waals surface area contributed by atoms with Crippen LogP contribution in [-0.2, 0) is 23.2 Å². The van der Waals surface area contributed by atoms with E-state index in [-0.39, 0.29) is 5.25 Å². The monoisotopic (exact) mass is 304 g/mol. The Labute approximate surface area is 119 Å². The number of aromatic nitrogens is 2. The first-order valence-electron chi connectivity index (χ1n) is 5.56. The third-order valence-corrected chi connectivity index (χ3v) is 4.76. The maximum Gasteiger partial charge on any atom is 0.124 e. The summed E-state index contributed by atoms with van der Waals surface area (Å²) in [5.41, 5.74) is 1.69. The van der Waals surface area contributed by atoms with E-state index in [2.05, 4.69) is 4.98 Å². The third kappa shape index (κ3) is 2.56. The molecule has 1 heterocycles. The molecule has 0 amide bonds. The molecule has 6 heteroatoms. The number of para-hydroxylation sites is 1. The summed E-state index contributed by atoms with van der Waals surface area (Å²) in [4.78, 5) is 4.44. The van der Waals surface area contributed by atoms with Gasteiger partial charge in [0.1, 0.15) is 11.3 Å². The summed E-state index contributed by atoms with van der Waals surface area (Å²) in [6.07, 6.45) is 1.71. The van der Waals surface area contributed by atoms with E-state index in [0.29, 0.717) is 17.4 Å². The van der Waals surface area contributed by atoms with E-state index in [9.17, 15) is 4.21 Å². The lowest BCUT2D eigenvalue weighted by Crippen LogP contribution is -2.18. The number of alkyl halides is 1. The highest BCUT2D eigenvalue weighted by molar-refractivity contribution is 7.84. The van der Waals surface area contributed by atoms with Gasteiger partial charge in [-0.2, -0.15) is 0 Å². The van der Waals surface area contributed by atoms with Crippen LogP contribution in [0.2, 0.25) is 5.02 Å². The Morgan fingerprint density at radius 2 is 2.22 bits per heavy atom. The Morgan fingerprint density at radius 3 is 2.83 bits per heavy atom. The van der Waals surface area contributed by atoms with Crippen LogP contribution in [0.1, 0.15) is 12.7 Å². The summed E-state index contributed by atoms with van der Waals surface area (Å²) in [5, 5.41) is 0.659. The average molecular weight is 305 g/mol. The van der Waals surface area contributed by atoms with E-state index >= 15 is 0 Å². The van der Waals surface area contributed by atoms with Gasteiger partial charge >= 0.3 is 0 Å². The molecule has 0 aliphatic heterocycles. The van der Waals surface area contributed by atoms with Crippen LogP contribution in [0.25, 0.3) is 11.0 Å². The lowest BCUT2D eigenvalue weighted by Gasteiger charge is -2.12. The minimum absolute atomic E-state index is 0.0448. The van der Waals surface area contributed by atoms with Gasteiger partial charge in [-0.15, -0.1) is 11.6 Å². The second kappa shape index (κ2) is 5.59. The molecule has 0 radical (unpaired) electrons. The van der Waals surface area contributed by atoms with Gasteiger partial charge in [0.15, 0.2) is 0 Å². The molecule has 2 aromatic rings. The summed E-state index contributed by atoms with van der Waals surface area (Å²) < 4.78 is 13.5. The number of halogens is 2. The van der Waals surface area contributed by atoms with E-state index in [1.165, 1.54) is 0 Å². The van der Waals surface area contributed by atoms with Crippen molar-refractivity contribution in [1.82, 2.24) is 9.55 Å². The van der Waals surface area contributed by atoms with Gasteiger partial charge < -0.3 is 4.57 Å². The quantitative estimate of drug-likeness (QED) is 0.813. The summed E-state index contributed by atoms with van der Waals surface area (Å²) in [6.45, 7) is 2.58. The molecule has 0 fully saturated rings. The van der Waals surface area contributed by atoms with Gasteiger partial charge in [0.05, 0.1) is 16.4 Å².